The molecule has 0 saturated heterocycles. The van der Waals surface area contributed by atoms with Crippen LogP contribution in [0.1, 0.15) is 5.56 Å². The molecule has 1 aromatic heterocycles. The first kappa shape index (κ1) is 9.48. The van der Waals surface area contributed by atoms with Gasteiger partial charge < -0.3 is 4.57 Å². The molecule has 0 radical (unpaired) electrons. The molecule has 0 saturated carbocycles. The van der Waals surface area contributed by atoms with E-state index in [0.717, 1.165) is 15.5 Å². The van der Waals surface area contributed by atoms with Crippen LogP contribution in [0, 0.1) is 6.92 Å². The van der Waals surface area contributed by atoms with Gasteiger partial charge in [0.25, 0.3) is 0 Å². The molecule has 4 nitrogen and oxygen atoms in total. The zero-order valence-electron chi connectivity index (χ0n) is 8.00. The van der Waals surface area contributed by atoms with E-state index in [0.29, 0.717) is 5.95 Å². The molecule has 0 unspecified atom stereocenters. The van der Waals surface area contributed by atoms with Gasteiger partial charge in [0.1, 0.15) is 5.52 Å². The maximum Gasteiger partial charge on any atom is 0.218 e. The summed E-state index contributed by atoms with van der Waals surface area (Å²) in [4.78, 5) is 4.35. The van der Waals surface area contributed by atoms with Crippen molar-refractivity contribution in [1.82, 2.24) is 9.55 Å². The van der Waals surface area contributed by atoms with Crippen LogP contribution in [0.25, 0.3) is 11.0 Å². The maximum absolute atomic E-state index is 5.35. The molecule has 3 N–H and O–H groups in total. The van der Waals surface area contributed by atoms with Crippen LogP contribution in [0.15, 0.2) is 16.6 Å². The molecule has 74 valence electrons. The lowest BCUT2D eigenvalue weighted by Crippen LogP contribution is -2.11. The van der Waals surface area contributed by atoms with Crippen molar-refractivity contribution in [3.8, 4) is 0 Å². The summed E-state index contributed by atoms with van der Waals surface area (Å²) in [5.74, 6) is 6.01. The first-order valence-electron chi connectivity index (χ1n) is 4.22. The predicted octanol–water partition coefficient (Wildman–Crippen LogP) is 1.93. The second-order valence-electron chi connectivity index (χ2n) is 3.25. The summed E-state index contributed by atoms with van der Waals surface area (Å²) in [7, 11) is 1.93. The number of rotatable bonds is 1. The zero-order chi connectivity index (χ0) is 10.3. The van der Waals surface area contributed by atoms with Crippen LogP contribution in [0.3, 0.4) is 0 Å². The van der Waals surface area contributed by atoms with Crippen molar-refractivity contribution in [2.75, 3.05) is 5.43 Å². The SMILES string of the molecule is Cc1cc(Br)c2nc(NN)n(C)c2c1. The number of hydrazine groups is 1. The van der Waals surface area contributed by atoms with E-state index < -0.39 is 0 Å². The lowest BCUT2D eigenvalue weighted by molar-refractivity contribution is 0.942. The average molecular weight is 255 g/mol. The average Bonchev–Trinajstić information content (AvgIpc) is 2.44. The summed E-state index contributed by atoms with van der Waals surface area (Å²) in [6.45, 7) is 2.05. The second kappa shape index (κ2) is 3.25. The number of imidazole rings is 1. The number of fused-ring (bicyclic) bond motifs is 1. The van der Waals surface area contributed by atoms with Crippen LogP contribution in [-0.2, 0) is 7.05 Å². The molecular formula is C9H11BrN4. The lowest BCUT2D eigenvalue weighted by atomic mass is 10.2. The number of nitrogens with two attached hydrogens (primary N) is 1. The van der Waals surface area contributed by atoms with Gasteiger partial charge in [-0.25, -0.2) is 10.8 Å². The topological polar surface area (TPSA) is 55.9 Å². The van der Waals surface area contributed by atoms with Gasteiger partial charge in [0.2, 0.25) is 5.95 Å². The molecule has 0 amide bonds. The quantitative estimate of drug-likeness (QED) is 0.604. The highest BCUT2D eigenvalue weighted by atomic mass is 79.9. The van der Waals surface area contributed by atoms with Crippen molar-refractivity contribution in [3.05, 3.63) is 22.2 Å². The van der Waals surface area contributed by atoms with Crippen LogP contribution in [0.5, 0.6) is 0 Å². The van der Waals surface area contributed by atoms with Crippen LogP contribution in [-0.4, -0.2) is 9.55 Å². The minimum Gasteiger partial charge on any atom is -0.312 e. The smallest absolute Gasteiger partial charge is 0.218 e. The Morgan fingerprint density at radius 2 is 2.21 bits per heavy atom. The fourth-order valence-electron chi connectivity index (χ4n) is 1.51. The Labute approximate surface area is 90.2 Å². The Bertz CT molecular complexity index is 489. The molecule has 2 rings (SSSR count). The number of anilines is 1. The van der Waals surface area contributed by atoms with Crippen LogP contribution >= 0.6 is 15.9 Å². The van der Waals surface area contributed by atoms with E-state index in [4.69, 9.17) is 5.84 Å². The first-order valence-corrected chi connectivity index (χ1v) is 5.02. The van der Waals surface area contributed by atoms with Crippen molar-refractivity contribution in [3.63, 3.8) is 0 Å². The predicted molar refractivity (Wildman–Crippen MR) is 61.0 cm³/mol. The third-order valence-corrected chi connectivity index (χ3v) is 2.82. The van der Waals surface area contributed by atoms with Gasteiger partial charge in [0.05, 0.1) is 5.52 Å². The van der Waals surface area contributed by atoms with Gasteiger partial charge in [-0.3, -0.25) is 5.43 Å². The molecule has 2 aromatic rings. The molecule has 0 atom stereocenters. The Balaban J connectivity index is 2.85. The second-order valence-corrected chi connectivity index (χ2v) is 4.11. The number of hydrogen-bond donors (Lipinski definition) is 2. The number of nitrogens with zero attached hydrogens (tertiary/aromatic N) is 2. The molecule has 5 heteroatoms. The van der Waals surface area contributed by atoms with E-state index in [2.05, 4.69) is 32.4 Å². The highest BCUT2D eigenvalue weighted by Crippen LogP contribution is 2.26. The minimum atomic E-state index is 0.659. The summed E-state index contributed by atoms with van der Waals surface area (Å²) in [5, 5.41) is 0. The van der Waals surface area contributed by atoms with E-state index in [9.17, 15) is 0 Å². The van der Waals surface area contributed by atoms with Gasteiger partial charge in [-0.2, -0.15) is 0 Å². The molecular weight excluding hydrogens is 244 g/mol. The number of nitrogens with one attached hydrogen (secondary N) is 1. The summed E-state index contributed by atoms with van der Waals surface area (Å²) in [5.41, 5.74) is 5.74. The number of hydrogen-bond acceptors (Lipinski definition) is 3. The summed E-state index contributed by atoms with van der Waals surface area (Å²) in [6.07, 6.45) is 0. The lowest BCUT2D eigenvalue weighted by Gasteiger charge is -2.00. The van der Waals surface area contributed by atoms with Crippen LogP contribution < -0.4 is 11.3 Å². The molecule has 1 heterocycles. The Morgan fingerprint density at radius 1 is 1.50 bits per heavy atom. The molecule has 0 aliphatic rings. The number of aryl methyl sites for hydroxylation is 2. The van der Waals surface area contributed by atoms with Gasteiger partial charge in [-0.05, 0) is 40.5 Å². The Morgan fingerprint density at radius 3 is 2.86 bits per heavy atom. The fraction of sp³-hybridized carbons (Fsp3) is 0.222. The van der Waals surface area contributed by atoms with Crippen molar-refractivity contribution >= 4 is 32.9 Å². The molecule has 0 spiro atoms. The standard InChI is InChI=1S/C9H11BrN4/c1-5-3-6(10)8-7(4-5)14(2)9(12-8)13-11/h3-4H,11H2,1-2H3,(H,12,13). The normalized spacial score (nSPS) is 10.9. The maximum atomic E-state index is 5.35. The zero-order valence-corrected chi connectivity index (χ0v) is 9.59. The summed E-state index contributed by atoms with van der Waals surface area (Å²) < 4.78 is 2.91. The molecule has 0 fully saturated rings. The molecule has 1 aromatic carbocycles. The molecule has 0 aliphatic heterocycles. The summed E-state index contributed by atoms with van der Waals surface area (Å²) in [6, 6.07) is 4.11. The van der Waals surface area contributed by atoms with E-state index in [-0.39, 0.29) is 0 Å². The van der Waals surface area contributed by atoms with E-state index in [1.54, 1.807) is 0 Å². The van der Waals surface area contributed by atoms with Gasteiger partial charge in [0.15, 0.2) is 0 Å². The Kier molecular flexibility index (Phi) is 2.20. The molecule has 14 heavy (non-hydrogen) atoms. The number of benzene rings is 1. The van der Waals surface area contributed by atoms with Crippen LogP contribution in [0.2, 0.25) is 0 Å². The van der Waals surface area contributed by atoms with Crippen molar-refractivity contribution in [1.29, 1.82) is 0 Å². The molecule has 0 aliphatic carbocycles. The highest BCUT2D eigenvalue weighted by Gasteiger charge is 2.09. The van der Waals surface area contributed by atoms with Crippen LogP contribution in [0.4, 0.5) is 5.95 Å². The van der Waals surface area contributed by atoms with E-state index in [1.165, 1.54) is 5.56 Å². The number of aromatic nitrogens is 2. The van der Waals surface area contributed by atoms with E-state index in [1.807, 2.05) is 24.6 Å². The summed E-state index contributed by atoms with van der Waals surface area (Å²) >= 11 is 3.48. The number of nitrogen functional groups attached to an aromatic ring is 1. The van der Waals surface area contributed by atoms with E-state index >= 15 is 0 Å². The first-order chi connectivity index (χ1) is 6.63. The van der Waals surface area contributed by atoms with Crippen molar-refractivity contribution in [2.24, 2.45) is 12.9 Å². The van der Waals surface area contributed by atoms with Gasteiger partial charge in [0, 0.05) is 11.5 Å². The van der Waals surface area contributed by atoms with Gasteiger partial charge in [-0.15, -0.1) is 0 Å². The van der Waals surface area contributed by atoms with Crippen molar-refractivity contribution in [2.45, 2.75) is 6.92 Å². The monoisotopic (exact) mass is 254 g/mol. The highest BCUT2D eigenvalue weighted by molar-refractivity contribution is 9.10. The Hall–Kier alpha value is -1.07. The third kappa shape index (κ3) is 1.29. The van der Waals surface area contributed by atoms with Gasteiger partial charge >= 0.3 is 0 Å². The fourth-order valence-corrected chi connectivity index (χ4v) is 2.16. The number of halogens is 1. The minimum absolute atomic E-state index is 0.659. The largest absolute Gasteiger partial charge is 0.312 e. The third-order valence-electron chi connectivity index (χ3n) is 2.21. The van der Waals surface area contributed by atoms with Gasteiger partial charge in [-0.1, -0.05) is 0 Å². The van der Waals surface area contributed by atoms with Crippen molar-refractivity contribution < 1.29 is 0 Å². The molecule has 0 bridgehead atoms.